The summed E-state index contributed by atoms with van der Waals surface area (Å²) in [6, 6.07) is 0. The number of rotatable bonds is 4. The van der Waals surface area contributed by atoms with E-state index in [1.165, 1.54) is 0 Å². The van der Waals surface area contributed by atoms with Gasteiger partial charge in [-0.15, -0.1) is 0 Å². The Balaban J connectivity index is 4.29. The first-order chi connectivity index (χ1) is 5.90. The number of carbonyl (C=O) groups excluding carboxylic acids is 1. The second-order valence-corrected chi connectivity index (χ2v) is 4.18. The summed E-state index contributed by atoms with van der Waals surface area (Å²) in [7, 11) is 0. The Morgan fingerprint density at radius 2 is 2.00 bits per heavy atom. The van der Waals surface area contributed by atoms with Gasteiger partial charge < -0.3 is 5.32 Å². The van der Waals surface area contributed by atoms with Gasteiger partial charge in [0, 0.05) is 6.54 Å². The van der Waals surface area contributed by atoms with Gasteiger partial charge in [-0.05, 0) is 26.7 Å². The van der Waals surface area contributed by atoms with E-state index in [1.54, 1.807) is 0 Å². The van der Waals surface area contributed by atoms with Gasteiger partial charge in [-0.1, -0.05) is 26.0 Å². The predicted molar refractivity (Wildman–Crippen MR) is 56.4 cm³/mol. The maximum atomic E-state index is 11.5. The molecule has 0 aromatic heterocycles. The Morgan fingerprint density at radius 1 is 1.46 bits per heavy atom. The minimum atomic E-state index is -0.389. The fraction of sp³-hybridized carbons (Fsp3) is 0.727. The van der Waals surface area contributed by atoms with E-state index in [0.717, 1.165) is 0 Å². The van der Waals surface area contributed by atoms with Crippen LogP contribution >= 0.6 is 0 Å². The topological polar surface area (TPSA) is 29.1 Å². The lowest BCUT2D eigenvalue weighted by Gasteiger charge is -2.19. The summed E-state index contributed by atoms with van der Waals surface area (Å²) in [5.41, 5.74) is -0.389. The largest absolute Gasteiger partial charge is 0.356 e. The van der Waals surface area contributed by atoms with Gasteiger partial charge in [0.15, 0.2) is 0 Å². The van der Waals surface area contributed by atoms with Crippen LogP contribution in [0.5, 0.6) is 0 Å². The molecule has 0 aliphatic rings. The number of amides is 1. The van der Waals surface area contributed by atoms with E-state index >= 15 is 0 Å². The molecule has 0 unspecified atom stereocenters. The van der Waals surface area contributed by atoms with Crippen molar-refractivity contribution in [3.05, 3.63) is 12.2 Å². The molecule has 0 bridgehead atoms. The molecule has 0 rings (SSSR count). The summed E-state index contributed by atoms with van der Waals surface area (Å²) in [5, 5.41) is 2.82. The van der Waals surface area contributed by atoms with Crippen molar-refractivity contribution in [2.24, 2.45) is 11.3 Å². The van der Waals surface area contributed by atoms with E-state index in [0.29, 0.717) is 12.5 Å². The molecule has 2 nitrogen and oxygen atoms in total. The highest BCUT2D eigenvalue weighted by molar-refractivity contribution is 5.83. The average molecular weight is 183 g/mol. The van der Waals surface area contributed by atoms with Crippen LogP contribution in [0.2, 0.25) is 0 Å². The molecule has 0 spiro atoms. The molecule has 0 saturated heterocycles. The Hall–Kier alpha value is -0.790. The van der Waals surface area contributed by atoms with E-state index in [9.17, 15) is 4.79 Å². The van der Waals surface area contributed by atoms with Crippen LogP contribution in [0.3, 0.4) is 0 Å². The molecule has 1 amide bonds. The van der Waals surface area contributed by atoms with Crippen molar-refractivity contribution < 1.29 is 4.79 Å². The SMILES string of the molecule is CCNC(=O)C(C)(C)/C=C/C(C)C. The summed E-state index contributed by atoms with van der Waals surface area (Å²) in [4.78, 5) is 11.5. The van der Waals surface area contributed by atoms with E-state index < -0.39 is 0 Å². The monoisotopic (exact) mass is 183 g/mol. The van der Waals surface area contributed by atoms with Crippen LogP contribution in [0.15, 0.2) is 12.2 Å². The summed E-state index contributed by atoms with van der Waals surface area (Å²) >= 11 is 0. The Labute approximate surface area is 81.4 Å². The van der Waals surface area contributed by atoms with E-state index in [1.807, 2.05) is 26.8 Å². The zero-order valence-corrected chi connectivity index (χ0v) is 9.35. The molecule has 76 valence electrons. The zero-order chi connectivity index (χ0) is 10.5. The van der Waals surface area contributed by atoms with Gasteiger partial charge in [-0.25, -0.2) is 0 Å². The third-order valence-corrected chi connectivity index (χ3v) is 1.82. The van der Waals surface area contributed by atoms with Gasteiger partial charge in [0.25, 0.3) is 0 Å². The molecule has 0 atom stereocenters. The van der Waals surface area contributed by atoms with Gasteiger partial charge in [0.05, 0.1) is 5.41 Å². The van der Waals surface area contributed by atoms with Crippen molar-refractivity contribution in [2.45, 2.75) is 34.6 Å². The maximum Gasteiger partial charge on any atom is 0.229 e. The molecule has 0 heterocycles. The molecule has 0 radical (unpaired) electrons. The maximum absolute atomic E-state index is 11.5. The first kappa shape index (κ1) is 12.2. The van der Waals surface area contributed by atoms with Crippen LogP contribution in [0.25, 0.3) is 0 Å². The lowest BCUT2D eigenvalue weighted by molar-refractivity contribution is -0.127. The second kappa shape index (κ2) is 5.05. The van der Waals surface area contributed by atoms with Crippen molar-refractivity contribution in [3.63, 3.8) is 0 Å². The zero-order valence-electron chi connectivity index (χ0n) is 9.35. The third kappa shape index (κ3) is 4.71. The van der Waals surface area contributed by atoms with Gasteiger partial charge in [-0.2, -0.15) is 0 Å². The average Bonchev–Trinajstić information content (AvgIpc) is 2.01. The summed E-state index contributed by atoms with van der Waals surface area (Å²) in [6.45, 7) is 10.7. The van der Waals surface area contributed by atoms with E-state index in [-0.39, 0.29) is 11.3 Å². The molecule has 0 aromatic rings. The lowest BCUT2D eigenvalue weighted by atomic mass is 9.90. The Morgan fingerprint density at radius 3 is 2.38 bits per heavy atom. The molecule has 0 saturated carbocycles. The molecule has 0 aromatic carbocycles. The van der Waals surface area contributed by atoms with Gasteiger partial charge in [0.2, 0.25) is 5.91 Å². The quantitative estimate of drug-likeness (QED) is 0.666. The molecule has 0 aliphatic heterocycles. The summed E-state index contributed by atoms with van der Waals surface area (Å²) in [5.74, 6) is 0.584. The normalized spacial score (nSPS) is 12.5. The van der Waals surface area contributed by atoms with Crippen molar-refractivity contribution in [1.82, 2.24) is 5.32 Å². The number of nitrogens with one attached hydrogen (secondary N) is 1. The summed E-state index contributed by atoms with van der Waals surface area (Å²) < 4.78 is 0. The second-order valence-electron chi connectivity index (χ2n) is 4.18. The molecule has 1 N–H and O–H groups in total. The molecule has 2 heteroatoms. The smallest absolute Gasteiger partial charge is 0.229 e. The molecular formula is C11H21NO. The van der Waals surface area contributed by atoms with Crippen molar-refractivity contribution >= 4 is 5.91 Å². The number of hydrogen-bond acceptors (Lipinski definition) is 1. The highest BCUT2D eigenvalue weighted by Crippen LogP contribution is 2.18. The molecule has 13 heavy (non-hydrogen) atoms. The Kier molecular flexibility index (Phi) is 4.74. The lowest BCUT2D eigenvalue weighted by Crippen LogP contribution is -2.35. The molecule has 0 fully saturated rings. The molecular weight excluding hydrogens is 162 g/mol. The van der Waals surface area contributed by atoms with Gasteiger partial charge >= 0.3 is 0 Å². The van der Waals surface area contributed by atoms with E-state index in [4.69, 9.17) is 0 Å². The van der Waals surface area contributed by atoms with Crippen molar-refractivity contribution in [2.75, 3.05) is 6.54 Å². The van der Waals surface area contributed by atoms with Crippen LogP contribution in [-0.4, -0.2) is 12.5 Å². The van der Waals surface area contributed by atoms with Crippen LogP contribution in [0.4, 0.5) is 0 Å². The minimum absolute atomic E-state index is 0.0897. The van der Waals surface area contributed by atoms with Crippen LogP contribution in [0.1, 0.15) is 34.6 Å². The third-order valence-electron chi connectivity index (χ3n) is 1.82. The van der Waals surface area contributed by atoms with Gasteiger partial charge in [0.1, 0.15) is 0 Å². The number of allylic oxidation sites excluding steroid dienone is 1. The standard InChI is InChI=1S/C11H21NO/c1-6-12-10(13)11(4,5)8-7-9(2)3/h7-9H,6H2,1-5H3,(H,12,13)/b8-7+. The number of carbonyl (C=O) groups is 1. The molecule has 0 aliphatic carbocycles. The summed E-state index contributed by atoms with van der Waals surface area (Å²) in [6.07, 6.45) is 4.04. The van der Waals surface area contributed by atoms with Gasteiger partial charge in [-0.3, -0.25) is 4.79 Å². The van der Waals surface area contributed by atoms with Crippen molar-refractivity contribution in [1.29, 1.82) is 0 Å². The van der Waals surface area contributed by atoms with E-state index in [2.05, 4.69) is 25.2 Å². The fourth-order valence-corrected chi connectivity index (χ4v) is 0.897. The van der Waals surface area contributed by atoms with Crippen LogP contribution in [0, 0.1) is 11.3 Å². The first-order valence-electron chi connectivity index (χ1n) is 4.87. The predicted octanol–water partition coefficient (Wildman–Crippen LogP) is 2.36. The van der Waals surface area contributed by atoms with Crippen molar-refractivity contribution in [3.8, 4) is 0 Å². The van der Waals surface area contributed by atoms with Crippen LogP contribution < -0.4 is 5.32 Å². The minimum Gasteiger partial charge on any atom is -0.356 e. The fourth-order valence-electron chi connectivity index (χ4n) is 0.897. The highest BCUT2D eigenvalue weighted by atomic mass is 16.2. The Bertz CT molecular complexity index is 192. The highest BCUT2D eigenvalue weighted by Gasteiger charge is 2.23. The van der Waals surface area contributed by atoms with Crippen LogP contribution in [-0.2, 0) is 4.79 Å². The number of hydrogen-bond donors (Lipinski definition) is 1. The first-order valence-corrected chi connectivity index (χ1v) is 4.87.